The lowest BCUT2D eigenvalue weighted by molar-refractivity contribution is 0.873. The van der Waals surface area contributed by atoms with Crippen LogP contribution >= 0.6 is 47.0 Å². The Bertz CT molecular complexity index is 647. The van der Waals surface area contributed by atoms with E-state index in [1.807, 2.05) is 24.3 Å². The van der Waals surface area contributed by atoms with Crippen molar-refractivity contribution < 1.29 is 0 Å². The molecular formula is C15H13Cl3N2S. The number of hydrogen-bond acceptors (Lipinski definition) is 1. The van der Waals surface area contributed by atoms with Gasteiger partial charge in [0.25, 0.3) is 0 Å². The highest BCUT2D eigenvalue weighted by Crippen LogP contribution is 2.25. The molecule has 2 rings (SSSR count). The van der Waals surface area contributed by atoms with Crippen molar-refractivity contribution in [2.45, 2.75) is 6.42 Å². The molecule has 6 heteroatoms. The highest BCUT2D eigenvalue weighted by molar-refractivity contribution is 7.80. The summed E-state index contributed by atoms with van der Waals surface area (Å²) >= 11 is 23.1. The van der Waals surface area contributed by atoms with Crippen LogP contribution in [0.25, 0.3) is 0 Å². The van der Waals surface area contributed by atoms with Gasteiger partial charge in [-0.2, -0.15) is 0 Å². The van der Waals surface area contributed by atoms with E-state index >= 15 is 0 Å². The van der Waals surface area contributed by atoms with E-state index in [0.29, 0.717) is 21.7 Å². The molecule has 2 nitrogen and oxygen atoms in total. The predicted molar refractivity (Wildman–Crippen MR) is 95.8 cm³/mol. The molecule has 0 atom stereocenters. The number of benzene rings is 2. The van der Waals surface area contributed by atoms with Crippen LogP contribution in [0.1, 0.15) is 5.56 Å². The van der Waals surface area contributed by atoms with Crippen molar-refractivity contribution in [2.75, 3.05) is 11.9 Å². The van der Waals surface area contributed by atoms with E-state index in [1.165, 1.54) is 0 Å². The SMILES string of the molecule is S=C(NCCc1cccc(Cl)c1)Nc1ccc(Cl)cc1Cl. The molecule has 110 valence electrons. The first kappa shape index (κ1) is 16.4. The van der Waals surface area contributed by atoms with Crippen molar-refractivity contribution in [1.29, 1.82) is 0 Å². The van der Waals surface area contributed by atoms with Gasteiger partial charge >= 0.3 is 0 Å². The van der Waals surface area contributed by atoms with E-state index in [0.717, 1.165) is 22.7 Å². The van der Waals surface area contributed by atoms with Gasteiger partial charge in [0.1, 0.15) is 0 Å². The van der Waals surface area contributed by atoms with Crippen molar-refractivity contribution in [3.63, 3.8) is 0 Å². The molecule has 0 aromatic heterocycles. The molecule has 21 heavy (non-hydrogen) atoms. The second-order valence-corrected chi connectivity index (χ2v) is 6.07. The molecule has 2 aromatic rings. The summed E-state index contributed by atoms with van der Waals surface area (Å²) < 4.78 is 0. The fourth-order valence-electron chi connectivity index (χ4n) is 1.77. The number of nitrogens with one attached hydrogen (secondary N) is 2. The van der Waals surface area contributed by atoms with Gasteiger partial charge < -0.3 is 10.6 Å². The number of rotatable bonds is 4. The van der Waals surface area contributed by atoms with Gasteiger partial charge in [-0.15, -0.1) is 0 Å². The van der Waals surface area contributed by atoms with Gasteiger partial charge in [-0.3, -0.25) is 0 Å². The fraction of sp³-hybridized carbons (Fsp3) is 0.133. The van der Waals surface area contributed by atoms with Crippen molar-refractivity contribution >= 4 is 57.8 Å². The molecule has 0 spiro atoms. The first-order chi connectivity index (χ1) is 10.0. The Morgan fingerprint density at radius 3 is 2.48 bits per heavy atom. The summed E-state index contributed by atoms with van der Waals surface area (Å²) in [5.41, 5.74) is 1.88. The van der Waals surface area contributed by atoms with E-state index in [9.17, 15) is 0 Å². The molecule has 0 saturated heterocycles. The highest BCUT2D eigenvalue weighted by Gasteiger charge is 2.03. The molecule has 0 aliphatic carbocycles. The van der Waals surface area contributed by atoms with Gasteiger partial charge in [0.2, 0.25) is 0 Å². The Morgan fingerprint density at radius 2 is 1.76 bits per heavy atom. The number of hydrogen-bond donors (Lipinski definition) is 2. The summed E-state index contributed by atoms with van der Waals surface area (Å²) in [6.45, 7) is 0.706. The first-order valence-electron chi connectivity index (χ1n) is 6.29. The molecule has 0 aliphatic heterocycles. The average Bonchev–Trinajstić information content (AvgIpc) is 2.42. The lowest BCUT2D eigenvalue weighted by Gasteiger charge is -2.12. The quantitative estimate of drug-likeness (QED) is 0.736. The largest absolute Gasteiger partial charge is 0.362 e. The maximum atomic E-state index is 6.07. The maximum absolute atomic E-state index is 6.07. The van der Waals surface area contributed by atoms with Gasteiger partial charge in [-0.1, -0.05) is 46.9 Å². The Labute approximate surface area is 144 Å². The van der Waals surface area contributed by atoms with Crippen molar-refractivity contribution in [1.82, 2.24) is 5.32 Å². The molecule has 0 fully saturated rings. The predicted octanol–water partition coefficient (Wildman–Crippen LogP) is 5.18. The topological polar surface area (TPSA) is 24.1 Å². The van der Waals surface area contributed by atoms with Crippen molar-refractivity contribution in [3.05, 3.63) is 63.1 Å². The molecule has 0 amide bonds. The molecule has 2 N–H and O–H groups in total. The van der Waals surface area contributed by atoms with Gasteiger partial charge in [-0.05, 0) is 54.5 Å². The summed E-state index contributed by atoms with van der Waals surface area (Å²) in [5, 5.41) is 8.53. The minimum absolute atomic E-state index is 0.515. The van der Waals surface area contributed by atoms with Crippen molar-refractivity contribution in [2.24, 2.45) is 0 Å². The molecule has 0 radical (unpaired) electrons. The second kappa shape index (κ2) is 7.85. The zero-order valence-corrected chi connectivity index (χ0v) is 14.1. The average molecular weight is 360 g/mol. The molecular weight excluding hydrogens is 347 g/mol. The van der Waals surface area contributed by atoms with Crippen LogP contribution in [-0.2, 0) is 6.42 Å². The van der Waals surface area contributed by atoms with Gasteiger partial charge in [0.05, 0.1) is 10.7 Å². The molecule has 0 saturated carbocycles. The van der Waals surface area contributed by atoms with Gasteiger partial charge in [0.15, 0.2) is 5.11 Å². The van der Waals surface area contributed by atoms with Gasteiger partial charge in [-0.25, -0.2) is 0 Å². The van der Waals surface area contributed by atoms with Crippen LogP contribution in [0, 0.1) is 0 Å². The van der Waals surface area contributed by atoms with Crippen LogP contribution in [0.5, 0.6) is 0 Å². The number of halogens is 3. The Kier molecular flexibility index (Phi) is 6.12. The van der Waals surface area contributed by atoms with E-state index in [4.69, 9.17) is 47.0 Å². The minimum Gasteiger partial charge on any atom is -0.362 e. The monoisotopic (exact) mass is 358 g/mol. The molecule has 0 aliphatic rings. The zero-order chi connectivity index (χ0) is 15.2. The summed E-state index contributed by atoms with van der Waals surface area (Å²) in [6.07, 6.45) is 0.830. The lowest BCUT2D eigenvalue weighted by atomic mass is 10.1. The van der Waals surface area contributed by atoms with E-state index < -0.39 is 0 Å². The molecule has 0 bridgehead atoms. The third-order valence-electron chi connectivity index (χ3n) is 2.77. The van der Waals surface area contributed by atoms with Crippen LogP contribution in [0.3, 0.4) is 0 Å². The third-order valence-corrected chi connectivity index (χ3v) is 3.80. The lowest BCUT2D eigenvalue weighted by Crippen LogP contribution is -2.30. The zero-order valence-electron chi connectivity index (χ0n) is 11.0. The standard InChI is InChI=1S/C15H13Cl3N2S/c16-11-3-1-2-10(8-11)6-7-19-15(21)20-14-5-4-12(17)9-13(14)18/h1-5,8-9H,6-7H2,(H2,19,20,21). The summed E-state index contributed by atoms with van der Waals surface area (Å²) in [5.74, 6) is 0. The van der Waals surface area contributed by atoms with Crippen LogP contribution in [-0.4, -0.2) is 11.7 Å². The minimum atomic E-state index is 0.515. The Hall–Kier alpha value is -1.000. The Balaban J connectivity index is 1.82. The van der Waals surface area contributed by atoms with Crippen molar-refractivity contribution in [3.8, 4) is 0 Å². The van der Waals surface area contributed by atoms with Crippen LogP contribution in [0.15, 0.2) is 42.5 Å². The fourth-order valence-corrected chi connectivity index (χ4v) is 2.65. The third kappa shape index (κ3) is 5.36. The number of thiocarbonyl (C=S) groups is 1. The van der Waals surface area contributed by atoms with E-state index in [-0.39, 0.29) is 0 Å². The molecule has 0 unspecified atom stereocenters. The summed E-state index contributed by atoms with van der Waals surface area (Å²) in [4.78, 5) is 0. The summed E-state index contributed by atoms with van der Waals surface area (Å²) in [7, 11) is 0. The Morgan fingerprint density at radius 1 is 1.00 bits per heavy atom. The number of anilines is 1. The molecule has 0 heterocycles. The van der Waals surface area contributed by atoms with E-state index in [2.05, 4.69) is 10.6 Å². The van der Waals surface area contributed by atoms with Crippen LogP contribution in [0.2, 0.25) is 15.1 Å². The molecule has 2 aromatic carbocycles. The second-order valence-electron chi connectivity index (χ2n) is 4.38. The van der Waals surface area contributed by atoms with Crippen LogP contribution < -0.4 is 10.6 Å². The smallest absolute Gasteiger partial charge is 0.170 e. The maximum Gasteiger partial charge on any atom is 0.170 e. The highest BCUT2D eigenvalue weighted by atomic mass is 35.5. The summed E-state index contributed by atoms with van der Waals surface area (Å²) in [6, 6.07) is 13.0. The van der Waals surface area contributed by atoms with Gasteiger partial charge in [0, 0.05) is 16.6 Å². The van der Waals surface area contributed by atoms with Crippen LogP contribution in [0.4, 0.5) is 5.69 Å². The first-order valence-corrected chi connectivity index (χ1v) is 7.83. The van der Waals surface area contributed by atoms with E-state index in [1.54, 1.807) is 18.2 Å². The normalized spacial score (nSPS) is 10.2.